The van der Waals surface area contributed by atoms with Crippen LogP contribution in [0.5, 0.6) is 11.5 Å². The number of nitrogens with zero attached hydrogens (tertiary/aromatic N) is 2. The van der Waals surface area contributed by atoms with E-state index in [1.54, 1.807) is 31.4 Å². The lowest BCUT2D eigenvalue weighted by atomic mass is 10.0. The number of amides is 2. The molecule has 0 unspecified atom stereocenters. The number of benzene rings is 3. The van der Waals surface area contributed by atoms with Crippen LogP contribution in [0.25, 0.3) is 11.0 Å². The molecular formula is C35H38FN3O5. The minimum Gasteiger partial charge on any atom is -0.497 e. The van der Waals surface area contributed by atoms with Gasteiger partial charge in [-0.1, -0.05) is 29.8 Å². The highest BCUT2D eigenvalue weighted by atomic mass is 19.1. The molecule has 1 N–H and O–H groups in total. The Labute approximate surface area is 256 Å². The van der Waals surface area contributed by atoms with Gasteiger partial charge in [0.05, 0.1) is 13.7 Å². The summed E-state index contributed by atoms with van der Waals surface area (Å²) in [5, 5.41) is 3.77. The third-order valence-electron chi connectivity index (χ3n) is 8.55. The minimum atomic E-state index is -1.30. The summed E-state index contributed by atoms with van der Waals surface area (Å²) in [5.41, 5.74) is 3.29. The number of carbonyl (C=O) groups excluding carboxylic acids is 2. The quantitative estimate of drug-likeness (QED) is 0.277. The molecule has 2 saturated heterocycles. The van der Waals surface area contributed by atoms with Crippen molar-refractivity contribution < 1.29 is 27.9 Å². The van der Waals surface area contributed by atoms with Gasteiger partial charge >= 0.3 is 0 Å². The van der Waals surface area contributed by atoms with Gasteiger partial charge in [-0.2, -0.15) is 0 Å². The van der Waals surface area contributed by atoms with Crippen LogP contribution in [0.4, 0.5) is 4.39 Å². The number of hydrogen-bond acceptors (Lipinski definition) is 6. The molecule has 2 fully saturated rings. The molecule has 2 aliphatic heterocycles. The van der Waals surface area contributed by atoms with E-state index in [1.165, 1.54) is 10.5 Å². The van der Waals surface area contributed by atoms with Gasteiger partial charge in [-0.05, 0) is 73.9 Å². The summed E-state index contributed by atoms with van der Waals surface area (Å²) in [7, 11) is 1.66. The molecule has 0 spiro atoms. The van der Waals surface area contributed by atoms with Crippen molar-refractivity contribution in [1.29, 1.82) is 0 Å². The average Bonchev–Trinajstić information content (AvgIpc) is 3.48. The van der Waals surface area contributed by atoms with E-state index in [4.69, 9.17) is 13.9 Å². The first kappa shape index (κ1) is 29.7. The zero-order chi connectivity index (χ0) is 30.6. The molecule has 0 bridgehead atoms. The summed E-state index contributed by atoms with van der Waals surface area (Å²) in [6, 6.07) is 22.4. The number of ether oxygens (including phenoxy) is 2. The van der Waals surface area contributed by atoms with Crippen molar-refractivity contribution in [2.75, 3.05) is 33.3 Å². The predicted molar refractivity (Wildman–Crippen MR) is 166 cm³/mol. The zero-order valence-electron chi connectivity index (χ0n) is 25.1. The number of halogens is 1. The Balaban J connectivity index is 1.01. The standard InChI is InChI=1S/C35H38FN3O5/c1-23-3-8-29(9-4-23)43-32-15-18-39(22-30(32)36)35(41)25-7-12-31-26(19-25)20-33(44-31)34(40)37-27-13-16-38(17-14-27)21-24-5-10-28(42-2)11-6-24/h3-12,19-20,27,30,32H,13-18,21-22H2,1-2H3,(H,37,40)/t30-,32-/m0/s1. The van der Waals surface area contributed by atoms with Crippen molar-refractivity contribution in [3.05, 3.63) is 95.2 Å². The molecule has 2 amide bonds. The lowest BCUT2D eigenvalue weighted by Crippen LogP contribution is -2.49. The van der Waals surface area contributed by atoms with Crippen LogP contribution >= 0.6 is 0 Å². The molecule has 3 aromatic carbocycles. The third kappa shape index (κ3) is 6.89. The topological polar surface area (TPSA) is 84.2 Å². The van der Waals surface area contributed by atoms with E-state index in [-0.39, 0.29) is 30.2 Å². The lowest BCUT2D eigenvalue weighted by molar-refractivity contribution is 0.0202. The Morgan fingerprint density at radius 1 is 0.932 bits per heavy atom. The Kier molecular flexibility index (Phi) is 8.84. The summed E-state index contributed by atoms with van der Waals surface area (Å²) >= 11 is 0. The van der Waals surface area contributed by atoms with Crippen LogP contribution in [-0.2, 0) is 6.54 Å². The van der Waals surface area contributed by atoms with Crippen molar-refractivity contribution in [1.82, 2.24) is 15.1 Å². The van der Waals surface area contributed by atoms with Gasteiger partial charge in [0.25, 0.3) is 11.8 Å². The molecule has 0 radical (unpaired) electrons. The van der Waals surface area contributed by atoms with Crippen LogP contribution in [0.15, 0.2) is 77.2 Å². The van der Waals surface area contributed by atoms with E-state index >= 15 is 4.39 Å². The van der Waals surface area contributed by atoms with E-state index in [0.717, 1.165) is 43.8 Å². The molecule has 2 aliphatic rings. The SMILES string of the molecule is COc1ccc(CN2CCC(NC(=O)c3cc4cc(C(=O)N5CC[C@H](Oc6ccc(C)cc6)[C@@H](F)C5)ccc4o3)CC2)cc1. The van der Waals surface area contributed by atoms with E-state index in [2.05, 4.69) is 22.3 Å². The van der Waals surface area contributed by atoms with E-state index in [1.807, 2.05) is 43.3 Å². The Bertz CT molecular complexity index is 1600. The molecule has 3 heterocycles. The van der Waals surface area contributed by atoms with Crippen LogP contribution in [0.1, 0.15) is 51.3 Å². The number of fused-ring (bicyclic) bond motifs is 1. The second-order valence-electron chi connectivity index (χ2n) is 11.8. The van der Waals surface area contributed by atoms with Gasteiger partial charge in [0.15, 0.2) is 11.9 Å². The lowest BCUT2D eigenvalue weighted by Gasteiger charge is -2.34. The number of likely N-dealkylation sites (tertiary alicyclic amines) is 2. The van der Waals surface area contributed by atoms with E-state index in [9.17, 15) is 9.59 Å². The number of alkyl halides is 1. The fourth-order valence-corrected chi connectivity index (χ4v) is 5.94. The Hall–Kier alpha value is -4.37. The third-order valence-corrected chi connectivity index (χ3v) is 8.55. The van der Waals surface area contributed by atoms with Crippen LogP contribution in [-0.4, -0.2) is 73.2 Å². The molecule has 9 heteroatoms. The molecule has 2 atom stereocenters. The molecule has 1 aromatic heterocycles. The van der Waals surface area contributed by atoms with Crippen LogP contribution < -0.4 is 14.8 Å². The molecule has 44 heavy (non-hydrogen) atoms. The molecule has 230 valence electrons. The van der Waals surface area contributed by atoms with Gasteiger partial charge < -0.3 is 24.1 Å². The number of methoxy groups -OCH3 is 1. The molecule has 0 saturated carbocycles. The van der Waals surface area contributed by atoms with Crippen molar-refractivity contribution >= 4 is 22.8 Å². The minimum absolute atomic E-state index is 0.0364. The van der Waals surface area contributed by atoms with Crippen LogP contribution in [0.2, 0.25) is 0 Å². The van der Waals surface area contributed by atoms with Gasteiger partial charge in [0.2, 0.25) is 0 Å². The number of aryl methyl sites for hydroxylation is 1. The second-order valence-corrected chi connectivity index (χ2v) is 11.8. The van der Waals surface area contributed by atoms with Crippen molar-refractivity contribution in [3.8, 4) is 11.5 Å². The van der Waals surface area contributed by atoms with Crippen molar-refractivity contribution in [3.63, 3.8) is 0 Å². The fourth-order valence-electron chi connectivity index (χ4n) is 5.94. The molecule has 6 rings (SSSR count). The maximum Gasteiger partial charge on any atom is 0.287 e. The van der Waals surface area contributed by atoms with Crippen LogP contribution in [0.3, 0.4) is 0 Å². The molecular weight excluding hydrogens is 561 g/mol. The first-order chi connectivity index (χ1) is 21.3. The summed E-state index contributed by atoms with van der Waals surface area (Å²) in [6.07, 6.45) is 0.210. The number of nitrogens with one attached hydrogen (secondary N) is 1. The summed E-state index contributed by atoms with van der Waals surface area (Å²) in [4.78, 5) is 30.2. The first-order valence-electron chi connectivity index (χ1n) is 15.2. The smallest absolute Gasteiger partial charge is 0.287 e. The van der Waals surface area contributed by atoms with E-state index < -0.39 is 12.3 Å². The molecule has 8 nitrogen and oxygen atoms in total. The Morgan fingerprint density at radius 3 is 2.36 bits per heavy atom. The number of hydrogen-bond donors (Lipinski definition) is 1. The van der Waals surface area contributed by atoms with Crippen LogP contribution in [0, 0.1) is 6.92 Å². The fraction of sp³-hybridized carbons (Fsp3) is 0.371. The molecule has 0 aliphatic carbocycles. The maximum absolute atomic E-state index is 15.0. The zero-order valence-corrected chi connectivity index (χ0v) is 25.1. The highest BCUT2D eigenvalue weighted by molar-refractivity contribution is 6.00. The van der Waals surface area contributed by atoms with Crippen molar-refractivity contribution in [2.45, 2.75) is 51.0 Å². The van der Waals surface area contributed by atoms with Gasteiger partial charge in [-0.15, -0.1) is 0 Å². The first-order valence-corrected chi connectivity index (χ1v) is 15.2. The predicted octanol–water partition coefficient (Wildman–Crippen LogP) is 5.78. The normalized spacial score (nSPS) is 19.6. The monoisotopic (exact) mass is 599 g/mol. The Morgan fingerprint density at radius 2 is 1.66 bits per heavy atom. The summed E-state index contributed by atoms with van der Waals surface area (Å²) in [6.45, 7) is 4.98. The highest BCUT2D eigenvalue weighted by Crippen LogP contribution is 2.26. The van der Waals surface area contributed by atoms with Gasteiger partial charge in [0, 0.05) is 49.6 Å². The summed E-state index contributed by atoms with van der Waals surface area (Å²) < 4.78 is 32.0. The number of piperidine rings is 2. The molecule has 4 aromatic rings. The maximum atomic E-state index is 15.0. The van der Waals surface area contributed by atoms with Crippen molar-refractivity contribution in [2.24, 2.45) is 0 Å². The highest BCUT2D eigenvalue weighted by Gasteiger charge is 2.33. The second kappa shape index (κ2) is 13.1. The number of carbonyl (C=O) groups is 2. The number of furan rings is 1. The average molecular weight is 600 g/mol. The van der Waals surface area contributed by atoms with Gasteiger partial charge in [-0.25, -0.2) is 4.39 Å². The summed E-state index contributed by atoms with van der Waals surface area (Å²) in [5.74, 6) is 1.17. The van der Waals surface area contributed by atoms with Gasteiger partial charge in [-0.3, -0.25) is 14.5 Å². The largest absolute Gasteiger partial charge is 0.497 e. The van der Waals surface area contributed by atoms with E-state index in [0.29, 0.717) is 35.2 Å². The van der Waals surface area contributed by atoms with Gasteiger partial charge in [0.1, 0.15) is 23.2 Å². The number of rotatable bonds is 8.